The Kier molecular flexibility index (Phi) is 4.31. The van der Waals surface area contributed by atoms with E-state index in [9.17, 15) is 19.7 Å². The number of fused-ring (bicyclic) bond motifs is 1. The van der Waals surface area contributed by atoms with Crippen LogP contribution in [0.1, 0.15) is 28.4 Å². The number of hydrogen-bond donors (Lipinski definition) is 4. The number of carboxylic acid groups (broad SMARTS) is 1. The highest BCUT2D eigenvalue weighted by atomic mass is 16.5. The lowest BCUT2D eigenvalue weighted by Crippen LogP contribution is -2.48. The van der Waals surface area contributed by atoms with Gasteiger partial charge in [0.25, 0.3) is 5.91 Å². The van der Waals surface area contributed by atoms with Crippen molar-refractivity contribution in [2.75, 3.05) is 0 Å². The summed E-state index contributed by atoms with van der Waals surface area (Å²) in [4.78, 5) is 23.2. The summed E-state index contributed by atoms with van der Waals surface area (Å²) in [6, 6.07) is 1.81. The Morgan fingerprint density at radius 2 is 2.10 bits per heavy atom. The molecule has 21 heavy (non-hydrogen) atoms. The van der Waals surface area contributed by atoms with Crippen molar-refractivity contribution in [3.05, 3.63) is 28.8 Å². The zero-order valence-corrected chi connectivity index (χ0v) is 11.7. The highest BCUT2D eigenvalue weighted by Crippen LogP contribution is 2.16. The van der Waals surface area contributed by atoms with Crippen LogP contribution in [0.5, 0.6) is 0 Å². The number of amides is 1. The minimum atomic E-state index is -1.40. The van der Waals surface area contributed by atoms with Crippen molar-refractivity contribution in [3.8, 4) is 0 Å². The topological polar surface area (TPSA) is 116 Å². The average molecular weight is 293 g/mol. The van der Waals surface area contributed by atoms with Gasteiger partial charge < -0.3 is 25.2 Å². The van der Waals surface area contributed by atoms with Crippen molar-refractivity contribution in [1.29, 1.82) is 0 Å². The number of hydrogen-bond acceptors (Lipinski definition) is 5. The molecule has 0 bridgehead atoms. The number of rotatable bonds is 4. The molecule has 2 unspecified atom stereocenters. The van der Waals surface area contributed by atoms with Crippen LogP contribution in [-0.4, -0.2) is 46.4 Å². The first-order valence-electron chi connectivity index (χ1n) is 6.46. The fourth-order valence-electron chi connectivity index (χ4n) is 2.36. The molecule has 1 aliphatic heterocycles. The molecule has 1 heterocycles. The van der Waals surface area contributed by atoms with Crippen molar-refractivity contribution in [2.45, 2.75) is 32.6 Å². The molecule has 0 saturated heterocycles. The van der Waals surface area contributed by atoms with Gasteiger partial charge in [0.15, 0.2) is 6.04 Å². The van der Waals surface area contributed by atoms with E-state index in [0.29, 0.717) is 11.0 Å². The number of aliphatic hydroxyl groups is 1. The first-order chi connectivity index (χ1) is 9.82. The highest BCUT2D eigenvalue weighted by molar-refractivity contribution is 6.62. The second kappa shape index (κ2) is 5.84. The van der Waals surface area contributed by atoms with Gasteiger partial charge >= 0.3 is 13.1 Å². The number of nitrogens with one attached hydrogen (secondary N) is 1. The molecule has 0 saturated carbocycles. The number of carboxylic acids is 1. The van der Waals surface area contributed by atoms with Gasteiger partial charge in [-0.2, -0.15) is 0 Å². The van der Waals surface area contributed by atoms with E-state index in [2.05, 4.69) is 5.32 Å². The summed E-state index contributed by atoms with van der Waals surface area (Å²) in [6.07, 6.45) is -1.23. The smallest absolute Gasteiger partial charge is 0.480 e. The molecule has 1 aliphatic rings. The van der Waals surface area contributed by atoms with Crippen LogP contribution >= 0.6 is 0 Å². The van der Waals surface area contributed by atoms with E-state index >= 15 is 0 Å². The van der Waals surface area contributed by atoms with E-state index in [1.54, 1.807) is 19.1 Å². The Hall–Kier alpha value is -1.90. The average Bonchev–Trinajstić information content (AvgIpc) is 2.77. The number of carbonyl (C=O) groups excluding carboxylic acids is 1. The minimum absolute atomic E-state index is 0.241. The van der Waals surface area contributed by atoms with Crippen molar-refractivity contribution in [3.63, 3.8) is 0 Å². The van der Waals surface area contributed by atoms with Crippen LogP contribution in [0.3, 0.4) is 0 Å². The lowest BCUT2D eigenvalue weighted by molar-refractivity contribution is -0.141. The molecule has 7 nitrogen and oxygen atoms in total. The summed E-state index contributed by atoms with van der Waals surface area (Å²) < 4.78 is 5.09. The van der Waals surface area contributed by atoms with Crippen molar-refractivity contribution in [2.24, 2.45) is 0 Å². The molecule has 0 spiro atoms. The van der Waals surface area contributed by atoms with E-state index in [-0.39, 0.29) is 12.2 Å². The fraction of sp³-hybridized carbons (Fsp3) is 0.385. The number of aliphatic hydroxyl groups excluding tert-OH is 1. The van der Waals surface area contributed by atoms with Gasteiger partial charge in [0.1, 0.15) is 0 Å². The maximum atomic E-state index is 12.2. The molecule has 1 aromatic carbocycles. The van der Waals surface area contributed by atoms with Gasteiger partial charge in [0.05, 0.1) is 12.7 Å². The Morgan fingerprint density at radius 3 is 2.67 bits per heavy atom. The summed E-state index contributed by atoms with van der Waals surface area (Å²) in [5.74, 6) is -1.94. The van der Waals surface area contributed by atoms with Crippen LogP contribution < -0.4 is 10.8 Å². The Bertz CT molecular complexity index is 588. The van der Waals surface area contributed by atoms with Gasteiger partial charge in [0.2, 0.25) is 0 Å². The van der Waals surface area contributed by atoms with Crippen LogP contribution in [0, 0.1) is 6.92 Å². The van der Waals surface area contributed by atoms with Gasteiger partial charge in [-0.25, -0.2) is 4.79 Å². The van der Waals surface area contributed by atoms with Gasteiger partial charge in [-0.3, -0.25) is 4.79 Å². The molecule has 4 N–H and O–H groups in total. The van der Waals surface area contributed by atoms with Crippen LogP contribution in [0.15, 0.2) is 12.1 Å². The third-order valence-corrected chi connectivity index (χ3v) is 3.53. The van der Waals surface area contributed by atoms with Crippen molar-refractivity contribution >= 4 is 24.5 Å². The normalized spacial score (nSPS) is 16.3. The van der Waals surface area contributed by atoms with Crippen LogP contribution in [0.2, 0.25) is 0 Å². The molecule has 2 atom stereocenters. The number of aliphatic carboxylic acids is 1. The second-order valence-corrected chi connectivity index (χ2v) is 5.00. The standard InChI is InChI=1S/C13H16BNO6/c1-6-9(4-3-8-5-21-14(20)10(6)8)12(17)15-11(7(2)16)13(18)19/h3-4,7,11,16,20H,5H2,1-2H3,(H,15,17)(H,18,19). The van der Waals surface area contributed by atoms with Crippen molar-refractivity contribution in [1.82, 2.24) is 5.32 Å². The first-order valence-corrected chi connectivity index (χ1v) is 6.46. The molecule has 112 valence electrons. The maximum Gasteiger partial charge on any atom is 0.492 e. The zero-order valence-electron chi connectivity index (χ0n) is 11.7. The molecule has 2 rings (SSSR count). The summed E-state index contributed by atoms with van der Waals surface area (Å²) >= 11 is 0. The largest absolute Gasteiger partial charge is 0.492 e. The Labute approximate surface area is 121 Å². The summed E-state index contributed by atoms with van der Waals surface area (Å²) in [6.45, 7) is 3.21. The van der Waals surface area contributed by atoms with E-state index in [1.165, 1.54) is 6.92 Å². The maximum absolute atomic E-state index is 12.2. The van der Waals surface area contributed by atoms with Crippen LogP contribution in [0.4, 0.5) is 0 Å². The van der Waals surface area contributed by atoms with E-state index in [0.717, 1.165) is 5.56 Å². The third-order valence-electron chi connectivity index (χ3n) is 3.53. The number of benzene rings is 1. The molecular weight excluding hydrogens is 277 g/mol. The SMILES string of the molecule is Cc1c(C(=O)NC(C(=O)O)C(C)O)ccc2c1B(O)OC2. The lowest BCUT2D eigenvalue weighted by atomic mass is 9.75. The number of carbonyl (C=O) groups is 2. The molecule has 1 amide bonds. The van der Waals surface area contributed by atoms with Gasteiger partial charge in [0, 0.05) is 5.56 Å². The molecule has 8 heteroatoms. The molecule has 1 aromatic rings. The quantitative estimate of drug-likeness (QED) is 0.517. The third kappa shape index (κ3) is 2.92. The lowest BCUT2D eigenvalue weighted by Gasteiger charge is -2.18. The Morgan fingerprint density at radius 1 is 1.43 bits per heavy atom. The predicted octanol–water partition coefficient (Wildman–Crippen LogP) is -1.22. The van der Waals surface area contributed by atoms with Crippen molar-refractivity contribution < 1.29 is 29.5 Å². The first kappa shape index (κ1) is 15.5. The summed E-state index contributed by atoms with van der Waals surface area (Å²) in [7, 11) is -1.08. The fourth-order valence-corrected chi connectivity index (χ4v) is 2.36. The van der Waals surface area contributed by atoms with E-state index < -0.39 is 31.1 Å². The Balaban J connectivity index is 2.29. The summed E-state index contributed by atoms with van der Waals surface area (Å²) in [5.41, 5.74) is 2.10. The van der Waals surface area contributed by atoms with Crippen LogP contribution in [0.25, 0.3) is 0 Å². The van der Waals surface area contributed by atoms with Gasteiger partial charge in [-0.1, -0.05) is 6.07 Å². The molecule has 0 fully saturated rings. The van der Waals surface area contributed by atoms with E-state index in [1.807, 2.05) is 0 Å². The summed E-state index contributed by atoms with van der Waals surface area (Å²) in [5, 5.41) is 30.4. The molecular formula is C13H16BNO6. The molecule has 0 aromatic heterocycles. The zero-order chi connectivity index (χ0) is 15.7. The molecule has 0 radical (unpaired) electrons. The monoisotopic (exact) mass is 293 g/mol. The van der Waals surface area contributed by atoms with E-state index in [4.69, 9.17) is 9.76 Å². The van der Waals surface area contributed by atoms with Gasteiger partial charge in [-0.15, -0.1) is 0 Å². The second-order valence-electron chi connectivity index (χ2n) is 5.00. The predicted molar refractivity (Wildman–Crippen MR) is 74.1 cm³/mol. The highest BCUT2D eigenvalue weighted by Gasteiger charge is 2.32. The minimum Gasteiger partial charge on any atom is -0.480 e. The molecule has 0 aliphatic carbocycles. The van der Waals surface area contributed by atoms with Gasteiger partial charge in [-0.05, 0) is 36.5 Å². The van der Waals surface area contributed by atoms with Crippen LogP contribution in [-0.2, 0) is 16.1 Å².